The Labute approximate surface area is 372 Å². The number of carbonyl (C=O) groups excluding carboxylic acids is 1. The summed E-state index contributed by atoms with van der Waals surface area (Å²) in [6.45, 7) is 23.9. The lowest BCUT2D eigenvalue weighted by molar-refractivity contribution is -0.293. The molecule has 1 saturated heterocycles. The minimum absolute atomic E-state index is 0.0252. The van der Waals surface area contributed by atoms with Crippen LogP contribution in [0.3, 0.4) is 0 Å². The number of rotatable bonds is 24. The van der Waals surface area contributed by atoms with E-state index in [0.717, 1.165) is 74.2 Å². The summed E-state index contributed by atoms with van der Waals surface area (Å²) in [5.74, 6) is 5.01. The van der Waals surface area contributed by atoms with E-state index in [2.05, 4.69) is 80.2 Å². The number of hydrogen-bond acceptors (Lipinski definition) is 3. The van der Waals surface area contributed by atoms with E-state index in [4.69, 9.17) is 4.74 Å². The Morgan fingerprint density at radius 3 is 1.85 bits per heavy atom. The molecule has 4 aliphatic carbocycles. The van der Waals surface area contributed by atoms with E-state index >= 15 is 0 Å². The molecule has 4 fully saturated rings. The van der Waals surface area contributed by atoms with Gasteiger partial charge in [0.1, 0.15) is 6.10 Å². The Balaban J connectivity index is 1.11. The zero-order chi connectivity index (χ0) is 43.6. The maximum atomic E-state index is 14.4. The summed E-state index contributed by atoms with van der Waals surface area (Å²) in [5, 5.41) is 14.7. The third-order valence-corrected chi connectivity index (χ3v) is 18.0. The molecule has 1 unspecified atom stereocenters. The van der Waals surface area contributed by atoms with Crippen LogP contribution >= 0.6 is 0 Å². The predicted octanol–water partition coefficient (Wildman–Crippen LogP) is 16.5. The number of carbonyl (C=O) groups is 1. The number of fused-ring (bicyclic) bond motifs is 5. The average Bonchev–Trinajstić information content (AvgIpc) is 3.55. The van der Waals surface area contributed by atoms with Gasteiger partial charge in [-0.3, -0.25) is 0 Å². The van der Waals surface area contributed by atoms with Crippen LogP contribution in [0.5, 0.6) is 0 Å². The topological polar surface area (TPSA) is 52.7 Å². The molecule has 1 amide bonds. The number of hydrogen-bond donors (Lipinski definition) is 0. The van der Waals surface area contributed by atoms with Gasteiger partial charge in [-0.2, -0.15) is 0 Å². The number of unbranched alkanes of at least 4 members (excludes halogenated alkanes) is 15. The van der Waals surface area contributed by atoms with Crippen molar-refractivity contribution in [2.24, 2.45) is 46.3 Å². The van der Waals surface area contributed by atoms with Crippen molar-refractivity contribution in [2.45, 2.75) is 279 Å². The quantitative estimate of drug-likeness (QED) is 0.0719. The first-order chi connectivity index (χ1) is 28.5. The van der Waals surface area contributed by atoms with E-state index in [1.807, 2.05) is 0 Å². The molecule has 0 aromatic carbocycles. The Morgan fingerprint density at radius 2 is 1.28 bits per heavy atom. The second kappa shape index (κ2) is 22.7. The second-order valence-electron chi connectivity index (χ2n) is 24.0. The third kappa shape index (κ3) is 12.6. The summed E-state index contributed by atoms with van der Waals surface area (Å²) in [6, 6.07) is 0.0252. The number of ether oxygens (including phenoxy) is 1. The van der Waals surface area contributed by atoms with Gasteiger partial charge >= 0.3 is 6.09 Å². The molecule has 1 heterocycles. The molecular formula is C55H99N2O3. The molecule has 3 saturated carbocycles. The minimum Gasteiger partial charge on any atom is -0.446 e. The van der Waals surface area contributed by atoms with Gasteiger partial charge in [-0.15, -0.1) is 10.3 Å². The molecule has 0 spiro atoms. The van der Waals surface area contributed by atoms with Crippen molar-refractivity contribution in [1.29, 1.82) is 0 Å². The van der Waals surface area contributed by atoms with Crippen molar-refractivity contribution in [3.8, 4) is 0 Å². The number of allylic oxidation sites excluding steroid dienone is 1. The summed E-state index contributed by atoms with van der Waals surface area (Å²) >= 11 is 0. The highest BCUT2D eigenvalue weighted by molar-refractivity contribution is 5.68. The predicted molar refractivity (Wildman–Crippen MR) is 253 cm³/mol. The molecule has 5 rings (SSSR count). The van der Waals surface area contributed by atoms with E-state index in [-0.39, 0.29) is 23.7 Å². The number of amides is 1. The minimum atomic E-state index is -0.517. The fraction of sp³-hybridized carbons (Fsp3) is 0.945. The molecule has 60 heavy (non-hydrogen) atoms. The van der Waals surface area contributed by atoms with Crippen molar-refractivity contribution >= 4 is 6.09 Å². The Kier molecular flexibility index (Phi) is 18.9. The van der Waals surface area contributed by atoms with Crippen molar-refractivity contribution in [1.82, 2.24) is 9.96 Å². The summed E-state index contributed by atoms with van der Waals surface area (Å²) in [6.07, 6.45) is 39.5. The van der Waals surface area contributed by atoms with Crippen LogP contribution in [0.2, 0.25) is 0 Å². The van der Waals surface area contributed by atoms with Crippen LogP contribution in [-0.2, 0) is 9.94 Å². The molecule has 5 aliphatic rings. The number of nitrogens with zero attached hydrogens (tertiary/aromatic N) is 2. The Hall–Kier alpha value is -1.07. The van der Waals surface area contributed by atoms with E-state index in [1.165, 1.54) is 146 Å². The van der Waals surface area contributed by atoms with Gasteiger partial charge in [0.05, 0.1) is 0 Å². The maximum absolute atomic E-state index is 14.4. The molecule has 1 radical (unpaired) electrons. The lowest BCUT2D eigenvalue weighted by Crippen LogP contribution is -2.63. The van der Waals surface area contributed by atoms with Crippen molar-refractivity contribution in [3.63, 3.8) is 0 Å². The van der Waals surface area contributed by atoms with E-state index in [9.17, 15) is 10.0 Å². The highest BCUT2D eigenvalue weighted by Gasteiger charge is 2.59. The molecule has 8 atom stereocenters. The molecule has 0 bridgehead atoms. The number of piperidine rings is 1. The molecule has 0 aromatic heterocycles. The highest BCUT2D eigenvalue weighted by atomic mass is 16.6. The van der Waals surface area contributed by atoms with Gasteiger partial charge in [0, 0.05) is 30.1 Å². The van der Waals surface area contributed by atoms with Gasteiger partial charge in [-0.1, -0.05) is 169 Å². The highest BCUT2D eigenvalue weighted by Crippen LogP contribution is 2.67. The van der Waals surface area contributed by atoms with Gasteiger partial charge in [0.15, 0.2) is 0 Å². The summed E-state index contributed by atoms with van der Waals surface area (Å²) in [5.41, 5.74) is 1.32. The first kappa shape index (κ1) is 49.9. The fourth-order valence-corrected chi connectivity index (χ4v) is 14.6. The van der Waals surface area contributed by atoms with Crippen molar-refractivity contribution in [3.05, 3.63) is 11.6 Å². The van der Waals surface area contributed by atoms with E-state index in [1.54, 1.807) is 5.57 Å². The van der Waals surface area contributed by atoms with Crippen LogP contribution in [-0.4, -0.2) is 45.8 Å². The maximum Gasteiger partial charge on any atom is 0.410 e. The molecule has 0 N–H and O–H groups in total. The molecule has 1 aliphatic heterocycles. The van der Waals surface area contributed by atoms with Crippen molar-refractivity contribution in [2.75, 3.05) is 6.54 Å². The van der Waals surface area contributed by atoms with Crippen LogP contribution in [0.15, 0.2) is 11.6 Å². The van der Waals surface area contributed by atoms with Crippen LogP contribution in [0.1, 0.15) is 255 Å². The first-order valence-corrected chi connectivity index (χ1v) is 26.7. The summed E-state index contributed by atoms with van der Waals surface area (Å²) < 4.78 is 6.61. The number of hydroxylamine groups is 2. The Bertz CT molecular complexity index is 1300. The molecule has 0 aromatic rings. The average molecular weight is 836 g/mol. The third-order valence-electron chi connectivity index (χ3n) is 18.0. The standard InChI is InChI=1S/C55H99N2O3/c1-11-12-13-14-15-16-17-18-19-20-21-22-23-24-25-26-38-56(45-40-52(5,6)57(59)53(7,8)41-45)51(58)60-46-34-36-54(9)44(39-46)30-31-47-49-33-32-48(43(4)29-27-28-42(2)3)55(49,10)37-35-50(47)54/h30,42-43,45-50H,11-29,31-41H2,1-10H3/t43-,46?,47+,48-,49+,50+,54+,55-/m1/s1. The van der Waals surface area contributed by atoms with E-state index in [0.29, 0.717) is 18.3 Å². The van der Waals surface area contributed by atoms with Crippen molar-refractivity contribution < 1.29 is 14.7 Å². The zero-order valence-corrected chi connectivity index (χ0v) is 41.5. The largest absolute Gasteiger partial charge is 0.446 e. The normalized spacial score (nSPS) is 31.9. The van der Waals surface area contributed by atoms with Crippen LogP contribution in [0, 0.1) is 46.3 Å². The van der Waals surface area contributed by atoms with Gasteiger partial charge < -0.3 is 9.64 Å². The first-order valence-electron chi connectivity index (χ1n) is 26.7. The molecule has 347 valence electrons. The summed E-state index contributed by atoms with van der Waals surface area (Å²) in [4.78, 5) is 16.5. The van der Waals surface area contributed by atoms with E-state index < -0.39 is 11.1 Å². The van der Waals surface area contributed by atoms with Crippen LogP contribution in [0.25, 0.3) is 0 Å². The fourth-order valence-electron chi connectivity index (χ4n) is 14.6. The van der Waals surface area contributed by atoms with Gasteiger partial charge in [-0.25, -0.2) is 4.79 Å². The van der Waals surface area contributed by atoms with Gasteiger partial charge in [0.25, 0.3) is 0 Å². The smallest absolute Gasteiger partial charge is 0.410 e. The zero-order valence-electron chi connectivity index (χ0n) is 41.5. The second-order valence-corrected chi connectivity index (χ2v) is 24.0. The van der Waals surface area contributed by atoms with Gasteiger partial charge in [0.2, 0.25) is 0 Å². The lowest BCUT2D eigenvalue weighted by Gasteiger charge is -2.58. The van der Waals surface area contributed by atoms with Crippen LogP contribution < -0.4 is 0 Å². The Morgan fingerprint density at radius 1 is 0.717 bits per heavy atom. The monoisotopic (exact) mass is 836 g/mol. The SMILES string of the molecule is CCCCCCCCCCCCCCCCCCN(C(=O)OC1CC[C@@]2(C)C(=CC[C@H]3[C@@H]4CC[C@H]([C@H](C)CCCC(C)C)[C@@]4(C)CC[C@@H]32)C1)C1CC(C)(C)N([O])C(C)(C)C1. The van der Waals surface area contributed by atoms with Gasteiger partial charge in [-0.05, 0) is 138 Å². The molecular weight excluding hydrogens is 737 g/mol. The molecule has 5 nitrogen and oxygen atoms in total. The van der Waals surface area contributed by atoms with Crippen LogP contribution in [0.4, 0.5) is 4.79 Å². The molecule has 5 heteroatoms. The lowest BCUT2D eigenvalue weighted by atomic mass is 9.47. The summed E-state index contributed by atoms with van der Waals surface area (Å²) in [7, 11) is 0.